The van der Waals surface area contributed by atoms with Gasteiger partial charge < -0.3 is 20.0 Å². The summed E-state index contributed by atoms with van der Waals surface area (Å²) >= 11 is 5.43. The SMILES string of the molecule is COc1ccc2[nH]c3c(=O)n(CCCCC(=O)Nc4ccccc4)c(=S)[nH]c3c2c1. The molecule has 4 rings (SSSR count). The first-order valence-corrected chi connectivity index (χ1v) is 10.1. The van der Waals surface area contributed by atoms with Crippen LogP contribution in [-0.4, -0.2) is 27.6 Å². The fourth-order valence-electron chi connectivity index (χ4n) is 3.49. The molecule has 2 aromatic heterocycles. The van der Waals surface area contributed by atoms with Gasteiger partial charge in [0.15, 0.2) is 4.77 Å². The number of carbonyl (C=O) groups excluding carboxylic acids is 1. The predicted octanol–water partition coefficient (Wildman–Crippen LogP) is 4.36. The minimum Gasteiger partial charge on any atom is -0.497 e. The summed E-state index contributed by atoms with van der Waals surface area (Å²) in [5.74, 6) is 0.666. The number of unbranched alkanes of at least 4 members (excludes halogenated alkanes) is 1. The number of rotatable bonds is 7. The zero-order valence-electron chi connectivity index (χ0n) is 16.5. The third-order valence-corrected chi connectivity index (χ3v) is 5.36. The summed E-state index contributed by atoms with van der Waals surface area (Å²) < 4.78 is 7.18. The Morgan fingerprint density at radius 1 is 1.10 bits per heavy atom. The lowest BCUT2D eigenvalue weighted by atomic mass is 10.2. The molecule has 0 saturated heterocycles. The van der Waals surface area contributed by atoms with E-state index in [2.05, 4.69) is 15.3 Å². The van der Waals surface area contributed by atoms with E-state index in [-0.39, 0.29) is 11.5 Å². The zero-order chi connectivity index (χ0) is 21.1. The molecule has 30 heavy (non-hydrogen) atoms. The minimum absolute atomic E-state index is 0.0428. The second kappa shape index (κ2) is 8.54. The second-order valence-electron chi connectivity index (χ2n) is 7.04. The number of para-hydroxylation sites is 1. The molecule has 154 valence electrons. The molecule has 0 aliphatic rings. The zero-order valence-corrected chi connectivity index (χ0v) is 17.3. The summed E-state index contributed by atoms with van der Waals surface area (Å²) in [5.41, 5.74) is 2.61. The number of fused-ring (bicyclic) bond motifs is 3. The number of hydrogen-bond acceptors (Lipinski definition) is 4. The predicted molar refractivity (Wildman–Crippen MR) is 121 cm³/mol. The summed E-state index contributed by atoms with van der Waals surface area (Å²) in [6.45, 7) is 0.446. The van der Waals surface area contributed by atoms with Gasteiger partial charge in [0.25, 0.3) is 5.56 Å². The topological polar surface area (TPSA) is 91.9 Å². The normalized spacial score (nSPS) is 11.1. The van der Waals surface area contributed by atoms with Gasteiger partial charge in [-0.05, 0) is 55.4 Å². The van der Waals surface area contributed by atoms with Crippen molar-refractivity contribution >= 4 is 45.7 Å². The van der Waals surface area contributed by atoms with Crippen molar-refractivity contribution in [3.05, 3.63) is 63.7 Å². The molecule has 0 aliphatic carbocycles. The number of nitrogens with zero attached hydrogens (tertiary/aromatic N) is 1. The lowest BCUT2D eigenvalue weighted by Gasteiger charge is -2.07. The minimum atomic E-state index is -0.169. The standard InChI is InChI=1S/C22H22N4O3S/c1-29-15-10-11-17-16(13-15)19-20(24-17)21(28)26(22(30)25-19)12-6-5-9-18(27)23-14-7-3-2-4-8-14/h2-4,7-8,10-11,13,24H,5-6,9,12H2,1H3,(H,23,27)(H,25,30). The maximum absolute atomic E-state index is 13.0. The first-order chi connectivity index (χ1) is 14.6. The van der Waals surface area contributed by atoms with E-state index >= 15 is 0 Å². The number of nitrogens with one attached hydrogen (secondary N) is 3. The van der Waals surface area contributed by atoms with E-state index in [0.717, 1.165) is 16.6 Å². The molecule has 0 fully saturated rings. The van der Waals surface area contributed by atoms with Crippen LogP contribution >= 0.6 is 12.2 Å². The number of hydrogen-bond donors (Lipinski definition) is 3. The van der Waals surface area contributed by atoms with Gasteiger partial charge in [-0.3, -0.25) is 14.2 Å². The van der Waals surface area contributed by atoms with Crippen LogP contribution in [0, 0.1) is 4.77 Å². The van der Waals surface area contributed by atoms with Gasteiger partial charge in [0, 0.05) is 29.6 Å². The number of aromatic nitrogens is 3. The number of methoxy groups -OCH3 is 1. The Hall–Kier alpha value is -3.39. The van der Waals surface area contributed by atoms with Gasteiger partial charge >= 0.3 is 0 Å². The van der Waals surface area contributed by atoms with Crippen LogP contribution in [0.1, 0.15) is 19.3 Å². The highest BCUT2D eigenvalue weighted by molar-refractivity contribution is 7.71. The molecule has 0 atom stereocenters. The largest absolute Gasteiger partial charge is 0.497 e. The highest BCUT2D eigenvalue weighted by Gasteiger charge is 2.12. The van der Waals surface area contributed by atoms with E-state index < -0.39 is 0 Å². The smallest absolute Gasteiger partial charge is 0.278 e. The van der Waals surface area contributed by atoms with Gasteiger partial charge in [0.1, 0.15) is 11.3 Å². The number of amides is 1. The quantitative estimate of drug-likeness (QED) is 0.305. The Morgan fingerprint density at radius 2 is 1.90 bits per heavy atom. The van der Waals surface area contributed by atoms with Crippen molar-refractivity contribution in [2.24, 2.45) is 0 Å². The number of ether oxygens (including phenoxy) is 1. The lowest BCUT2D eigenvalue weighted by molar-refractivity contribution is -0.116. The van der Waals surface area contributed by atoms with Crippen LogP contribution in [0.5, 0.6) is 5.75 Å². The Kier molecular flexibility index (Phi) is 5.67. The van der Waals surface area contributed by atoms with Crippen molar-refractivity contribution < 1.29 is 9.53 Å². The fraction of sp³-hybridized carbons (Fsp3) is 0.227. The molecule has 3 N–H and O–H groups in total. The van der Waals surface area contributed by atoms with Crippen molar-refractivity contribution in [2.45, 2.75) is 25.8 Å². The molecule has 0 radical (unpaired) electrons. The third kappa shape index (κ3) is 3.99. The molecular weight excluding hydrogens is 400 g/mol. The Morgan fingerprint density at radius 3 is 2.67 bits per heavy atom. The molecule has 0 saturated carbocycles. The van der Waals surface area contributed by atoms with Gasteiger partial charge in [0.2, 0.25) is 5.91 Å². The number of benzene rings is 2. The van der Waals surface area contributed by atoms with E-state index in [1.54, 1.807) is 11.7 Å². The fourth-order valence-corrected chi connectivity index (χ4v) is 3.77. The Bertz CT molecular complexity index is 1320. The maximum Gasteiger partial charge on any atom is 0.278 e. The molecule has 0 spiro atoms. The van der Waals surface area contributed by atoms with Crippen molar-refractivity contribution in [3.8, 4) is 5.75 Å². The van der Waals surface area contributed by atoms with Crippen molar-refractivity contribution in [3.63, 3.8) is 0 Å². The van der Waals surface area contributed by atoms with Crippen LogP contribution < -0.4 is 15.6 Å². The summed E-state index contributed by atoms with van der Waals surface area (Å²) in [5, 5.41) is 3.72. The monoisotopic (exact) mass is 422 g/mol. The van der Waals surface area contributed by atoms with Gasteiger partial charge in [-0.25, -0.2) is 0 Å². The summed E-state index contributed by atoms with van der Waals surface area (Å²) in [4.78, 5) is 31.4. The van der Waals surface area contributed by atoms with Crippen LogP contribution in [0.15, 0.2) is 53.3 Å². The highest BCUT2D eigenvalue weighted by Crippen LogP contribution is 2.25. The second-order valence-corrected chi connectivity index (χ2v) is 7.43. The summed E-state index contributed by atoms with van der Waals surface area (Å²) in [7, 11) is 1.60. The summed E-state index contributed by atoms with van der Waals surface area (Å²) in [6, 6.07) is 14.9. The van der Waals surface area contributed by atoms with E-state index in [4.69, 9.17) is 17.0 Å². The highest BCUT2D eigenvalue weighted by atomic mass is 32.1. The molecule has 0 bridgehead atoms. The number of aromatic amines is 2. The molecule has 2 heterocycles. The molecule has 7 nitrogen and oxygen atoms in total. The molecule has 2 aromatic carbocycles. The van der Waals surface area contributed by atoms with E-state index in [1.165, 1.54) is 0 Å². The Labute approximate surface area is 177 Å². The molecule has 8 heteroatoms. The van der Waals surface area contributed by atoms with Gasteiger partial charge in [-0.2, -0.15) is 0 Å². The number of anilines is 1. The van der Waals surface area contributed by atoms with Gasteiger partial charge in [-0.1, -0.05) is 18.2 Å². The van der Waals surface area contributed by atoms with Crippen LogP contribution in [0.4, 0.5) is 5.69 Å². The van der Waals surface area contributed by atoms with E-state index in [9.17, 15) is 9.59 Å². The molecule has 4 aromatic rings. The lowest BCUT2D eigenvalue weighted by Crippen LogP contribution is -2.22. The maximum atomic E-state index is 13.0. The van der Waals surface area contributed by atoms with Crippen LogP contribution in [-0.2, 0) is 11.3 Å². The number of carbonyl (C=O) groups is 1. The Balaban J connectivity index is 1.46. The van der Waals surface area contributed by atoms with Crippen molar-refractivity contribution in [1.82, 2.24) is 14.5 Å². The number of H-pyrrole nitrogens is 2. The average molecular weight is 423 g/mol. The van der Waals surface area contributed by atoms with Crippen LogP contribution in [0.2, 0.25) is 0 Å². The third-order valence-electron chi connectivity index (χ3n) is 5.03. The first kappa shape index (κ1) is 19.9. The first-order valence-electron chi connectivity index (χ1n) is 9.74. The van der Waals surface area contributed by atoms with Crippen molar-refractivity contribution in [1.29, 1.82) is 0 Å². The van der Waals surface area contributed by atoms with E-state index in [1.807, 2.05) is 48.5 Å². The molecule has 1 amide bonds. The summed E-state index contributed by atoms with van der Waals surface area (Å²) in [6.07, 6.45) is 1.70. The van der Waals surface area contributed by atoms with Crippen LogP contribution in [0.3, 0.4) is 0 Å². The van der Waals surface area contributed by atoms with Gasteiger partial charge in [-0.15, -0.1) is 0 Å². The molecule has 0 aliphatic heterocycles. The molecule has 0 unspecified atom stereocenters. The average Bonchev–Trinajstić information content (AvgIpc) is 3.11. The van der Waals surface area contributed by atoms with Gasteiger partial charge in [0.05, 0.1) is 12.6 Å². The molecular formula is C22H22N4O3S. The van der Waals surface area contributed by atoms with E-state index in [0.29, 0.717) is 47.4 Å². The van der Waals surface area contributed by atoms with Crippen LogP contribution in [0.25, 0.3) is 21.9 Å². The van der Waals surface area contributed by atoms with Crippen molar-refractivity contribution in [2.75, 3.05) is 12.4 Å².